The minimum absolute atomic E-state index is 0.0811. The number of carbonyl (C=O) groups is 2. The average molecular weight is 417 g/mol. The predicted molar refractivity (Wildman–Crippen MR) is 115 cm³/mol. The van der Waals surface area contributed by atoms with Gasteiger partial charge in [0.25, 0.3) is 5.91 Å². The zero-order valence-electron chi connectivity index (χ0n) is 16.9. The first-order chi connectivity index (χ1) is 15.0. The Morgan fingerprint density at radius 2 is 1.71 bits per heavy atom. The van der Waals surface area contributed by atoms with Crippen molar-refractivity contribution in [2.45, 2.75) is 44.2 Å². The Bertz CT molecular complexity index is 1160. The minimum Gasteiger partial charge on any atom is -0.478 e. The highest BCUT2D eigenvalue weighted by Gasteiger charge is 2.27. The Balaban J connectivity index is 1.35. The fraction of sp³-hybridized carbons (Fsp3) is 0.292. The van der Waals surface area contributed by atoms with E-state index in [2.05, 4.69) is 15.5 Å². The Morgan fingerprint density at radius 3 is 2.42 bits per heavy atom. The molecule has 5 rings (SSSR count). The number of aromatic amines is 1. The maximum Gasteiger partial charge on any atom is 0.335 e. The third-order valence-electron chi connectivity index (χ3n) is 6.31. The van der Waals surface area contributed by atoms with Gasteiger partial charge in [-0.1, -0.05) is 18.2 Å². The molecule has 2 aliphatic carbocycles. The van der Waals surface area contributed by atoms with Crippen molar-refractivity contribution < 1.29 is 19.8 Å². The molecule has 1 aromatic heterocycles. The van der Waals surface area contributed by atoms with Gasteiger partial charge in [0, 0.05) is 34.7 Å². The minimum atomic E-state index is -0.957. The van der Waals surface area contributed by atoms with Gasteiger partial charge in [-0.3, -0.25) is 9.89 Å². The number of hydrogen-bond acceptors (Lipinski definition) is 4. The lowest BCUT2D eigenvalue weighted by molar-refractivity contribution is 0.0696. The van der Waals surface area contributed by atoms with E-state index in [0.29, 0.717) is 12.0 Å². The lowest BCUT2D eigenvalue weighted by Gasteiger charge is -2.26. The van der Waals surface area contributed by atoms with Crippen LogP contribution in [0.2, 0.25) is 0 Å². The quantitative estimate of drug-likeness (QED) is 0.406. The van der Waals surface area contributed by atoms with Crippen LogP contribution in [0.4, 0.5) is 0 Å². The Kier molecular flexibility index (Phi) is 4.82. The van der Waals surface area contributed by atoms with E-state index in [9.17, 15) is 14.7 Å². The molecule has 7 heteroatoms. The second-order valence-electron chi connectivity index (χ2n) is 8.34. The second-order valence-corrected chi connectivity index (χ2v) is 8.34. The molecule has 7 nitrogen and oxygen atoms in total. The zero-order chi connectivity index (χ0) is 21.5. The number of aromatic nitrogens is 2. The second kappa shape index (κ2) is 7.67. The molecule has 1 fully saturated rings. The van der Waals surface area contributed by atoms with E-state index in [-0.39, 0.29) is 23.6 Å². The van der Waals surface area contributed by atoms with Gasteiger partial charge in [-0.15, -0.1) is 0 Å². The molecule has 2 aliphatic rings. The number of carboxylic acids is 1. The van der Waals surface area contributed by atoms with Crippen LogP contribution in [-0.2, 0) is 6.42 Å². The Morgan fingerprint density at radius 1 is 1.00 bits per heavy atom. The van der Waals surface area contributed by atoms with Crippen molar-refractivity contribution in [3.05, 3.63) is 64.7 Å². The van der Waals surface area contributed by atoms with E-state index in [4.69, 9.17) is 5.11 Å². The maximum absolute atomic E-state index is 12.7. The number of benzene rings is 2. The number of hydrogen-bond donors (Lipinski definition) is 4. The van der Waals surface area contributed by atoms with E-state index in [1.165, 1.54) is 0 Å². The number of fused-ring (bicyclic) bond motifs is 3. The van der Waals surface area contributed by atoms with Gasteiger partial charge in [-0.05, 0) is 55.5 Å². The molecule has 0 saturated heterocycles. The average Bonchev–Trinajstić information content (AvgIpc) is 3.34. The number of carboxylic acid groups (broad SMARTS) is 1. The summed E-state index contributed by atoms with van der Waals surface area (Å²) in [6.07, 6.45) is 3.48. The molecule has 0 bridgehead atoms. The molecule has 4 N–H and O–H groups in total. The number of aromatic carboxylic acids is 1. The van der Waals surface area contributed by atoms with E-state index in [1.807, 2.05) is 18.2 Å². The van der Waals surface area contributed by atoms with Gasteiger partial charge >= 0.3 is 5.97 Å². The normalized spacial score (nSPS) is 19.5. The number of nitrogens with one attached hydrogen (secondary N) is 2. The molecule has 0 radical (unpaired) electrons. The van der Waals surface area contributed by atoms with Crippen LogP contribution >= 0.6 is 0 Å². The summed E-state index contributed by atoms with van der Waals surface area (Å²) < 4.78 is 0. The highest BCUT2D eigenvalue weighted by molar-refractivity contribution is 5.96. The summed E-state index contributed by atoms with van der Waals surface area (Å²) in [5.41, 5.74) is 6.63. The smallest absolute Gasteiger partial charge is 0.335 e. The SMILES string of the molecule is O=C(O)c1ccc(-c2n[nH]c3c2Cc2cc(C(=O)NC4CCC(O)CC4)ccc2-3)cc1. The number of aliphatic hydroxyl groups is 1. The third kappa shape index (κ3) is 3.61. The van der Waals surface area contributed by atoms with Crippen LogP contribution in [0.1, 0.15) is 57.5 Å². The number of nitrogens with zero attached hydrogens (tertiary/aromatic N) is 1. The van der Waals surface area contributed by atoms with Gasteiger partial charge in [0.05, 0.1) is 23.1 Å². The monoisotopic (exact) mass is 417 g/mol. The lowest BCUT2D eigenvalue weighted by Crippen LogP contribution is -2.38. The molecule has 1 amide bonds. The van der Waals surface area contributed by atoms with E-state index in [1.54, 1.807) is 24.3 Å². The molecule has 0 spiro atoms. The first kappa shape index (κ1) is 19.5. The molecular weight excluding hydrogens is 394 g/mol. The van der Waals surface area contributed by atoms with E-state index >= 15 is 0 Å². The van der Waals surface area contributed by atoms with Crippen molar-refractivity contribution in [2.75, 3.05) is 0 Å². The van der Waals surface area contributed by atoms with Crippen molar-refractivity contribution >= 4 is 11.9 Å². The van der Waals surface area contributed by atoms with Crippen molar-refractivity contribution in [1.29, 1.82) is 0 Å². The molecule has 31 heavy (non-hydrogen) atoms. The van der Waals surface area contributed by atoms with Crippen LogP contribution in [0.15, 0.2) is 42.5 Å². The van der Waals surface area contributed by atoms with Crippen LogP contribution < -0.4 is 5.32 Å². The molecule has 0 aliphatic heterocycles. The van der Waals surface area contributed by atoms with Crippen LogP contribution in [-0.4, -0.2) is 44.4 Å². The molecule has 1 saturated carbocycles. The van der Waals surface area contributed by atoms with Crippen molar-refractivity contribution in [2.24, 2.45) is 0 Å². The predicted octanol–water partition coefficient (Wildman–Crippen LogP) is 3.38. The van der Waals surface area contributed by atoms with Gasteiger partial charge in [0.1, 0.15) is 0 Å². The fourth-order valence-corrected chi connectivity index (χ4v) is 4.57. The van der Waals surface area contributed by atoms with Gasteiger partial charge < -0.3 is 15.5 Å². The molecule has 0 unspecified atom stereocenters. The summed E-state index contributed by atoms with van der Waals surface area (Å²) in [4.78, 5) is 23.8. The topological polar surface area (TPSA) is 115 Å². The standard InChI is InChI=1S/C24H23N3O4/c28-18-8-6-17(7-9-18)25-23(29)15-5-10-19-16(11-15)12-20-21(26-27-22(19)20)13-1-3-14(4-2-13)24(30)31/h1-5,10-11,17-18,28H,6-9,12H2,(H,25,29)(H,26,27)(H,30,31). The maximum atomic E-state index is 12.7. The summed E-state index contributed by atoms with van der Waals surface area (Å²) >= 11 is 0. The molecule has 158 valence electrons. The van der Waals surface area contributed by atoms with E-state index in [0.717, 1.165) is 59.3 Å². The molecule has 3 aromatic rings. The highest BCUT2D eigenvalue weighted by atomic mass is 16.4. The van der Waals surface area contributed by atoms with Crippen LogP contribution in [0.25, 0.3) is 22.5 Å². The van der Waals surface area contributed by atoms with Crippen molar-refractivity contribution in [3.8, 4) is 22.5 Å². The number of H-pyrrole nitrogens is 1. The molecule has 1 heterocycles. The van der Waals surface area contributed by atoms with Crippen molar-refractivity contribution in [3.63, 3.8) is 0 Å². The van der Waals surface area contributed by atoms with E-state index < -0.39 is 5.97 Å². The number of aliphatic hydroxyl groups excluding tert-OH is 1. The highest BCUT2D eigenvalue weighted by Crippen LogP contribution is 2.40. The summed E-state index contributed by atoms with van der Waals surface area (Å²) in [5, 5.41) is 29.4. The number of rotatable bonds is 4. The molecular formula is C24H23N3O4. The summed E-state index contributed by atoms with van der Waals surface area (Å²) in [6, 6.07) is 12.5. The number of amides is 1. The summed E-state index contributed by atoms with van der Waals surface area (Å²) in [6.45, 7) is 0. The number of carbonyl (C=O) groups excluding carboxylic acids is 1. The van der Waals surface area contributed by atoms with Crippen molar-refractivity contribution in [1.82, 2.24) is 15.5 Å². The Hall–Kier alpha value is -3.45. The Labute approximate surface area is 179 Å². The molecule has 2 aromatic carbocycles. The fourth-order valence-electron chi connectivity index (χ4n) is 4.57. The third-order valence-corrected chi connectivity index (χ3v) is 6.31. The van der Waals surface area contributed by atoms with Gasteiger partial charge in [0.15, 0.2) is 0 Å². The first-order valence-electron chi connectivity index (χ1n) is 10.5. The van der Waals surface area contributed by atoms with Crippen LogP contribution in [0, 0.1) is 0 Å². The zero-order valence-corrected chi connectivity index (χ0v) is 16.9. The van der Waals surface area contributed by atoms with Gasteiger partial charge in [0.2, 0.25) is 0 Å². The lowest BCUT2D eigenvalue weighted by atomic mass is 9.93. The van der Waals surface area contributed by atoms with Gasteiger partial charge in [-0.2, -0.15) is 5.10 Å². The van der Waals surface area contributed by atoms with Gasteiger partial charge in [-0.25, -0.2) is 4.79 Å². The largest absolute Gasteiger partial charge is 0.478 e. The molecule has 0 atom stereocenters. The first-order valence-corrected chi connectivity index (χ1v) is 10.5. The van der Waals surface area contributed by atoms with Crippen LogP contribution in [0.5, 0.6) is 0 Å². The summed E-state index contributed by atoms with van der Waals surface area (Å²) in [7, 11) is 0. The summed E-state index contributed by atoms with van der Waals surface area (Å²) in [5.74, 6) is -1.04. The van der Waals surface area contributed by atoms with Crippen LogP contribution in [0.3, 0.4) is 0 Å².